The minimum absolute atomic E-state index is 0.749. The van der Waals surface area contributed by atoms with Gasteiger partial charge >= 0.3 is 0 Å². The van der Waals surface area contributed by atoms with Gasteiger partial charge < -0.3 is 0 Å². The van der Waals surface area contributed by atoms with E-state index in [0.717, 1.165) is 11.8 Å². The van der Waals surface area contributed by atoms with E-state index in [2.05, 4.69) is 53.8 Å². The lowest BCUT2D eigenvalue weighted by atomic mass is 9.81. The molecule has 1 fully saturated rings. The number of hydrogen-bond donors (Lipinski definition) is 0. The fourth-order valence-corrected chi connectivity index (χ4v) is 5.41. The third kappa shape index (κ3) is 3.72. The molecule has 1 unspecified atom stereocenters. The van der Waals surface area contributed by atoms with E-state index in [1.54, 1.807) is 20.3 Å². The third-order valence-electron chi connectivity index (χ3n) is 5.36. The quantitative estimate of drug-likeness (QED) is 0.376. The maximum atomic E-state index is 2.65. The molecular weight excluding hydrogens is 367 g/mol. The van der Waals surface area contributed by atoms with Gasteiger partial charge in [-0.2, -0.15) is 0 Å². The molecular formula is C20H27I. The lowest BCUT2D eigenvalue weighted by Crippen LogP contribution is -2.09. The normalized spacial score (nSPS) is 24.5. The van der Waals surface area contributed by atoms with Gasteiger partial charge in [-0.3, -0.25) is 0 Å². The topological polar surface area (TPSA) is 0 Å². The van der Waals surface area contributed by atoms with Crippen molar-refractivity contribution in [1.82, 2.24) is 0 Å². The Morgan fingerprint density at radius 3 is 2.33 bits per heavy atom. The Hall–Kier alpha value is -0.310. The molecule has 1 atom stereocenters. The van der Waals surface area contributed by atoms with E-state index < -0.39 is 0 Å². The average Bonchev–Trinajstić information content (AvgIpc) is 2.73. The molecule has 0 spiro atoms. The van der Waals surface area contributed by atoms with Gasteiger partial charge in [0.15, 0.2) is 0 Å². The molecule has 0 nitrogen and oxygen atoms in total. The van der Waals surface area contributed by atoms with Crippen LogP contribution in [0.25, 0.3) is 0 Å². The molecule has 0 amide bonds. The molecule has 1 aromatic carbocycles. The third-order valence-corrected chi connectivity index (χ3v) is 6.61. The molecule has 0 saturated heterocycles. The summed E-state index contributed by atoms with van der Waals surface area (Å²) in [4.78, 5) is 0. The Kier molecular flexibility index (Phi) is 5.42. The van der Waals surface area contributed by atoms with E-state index >= 15 is 0 Å². The summed E-state index contributed by atoms with van der Waals surface area (Å²) < 4.78 is 1.58. The van der Waals surface area contributed by atoms with Gasteiger partial charge in [-0.25, -0.2) is 0 Å². The molecule has 21 heavy (non-hydrogen) atoms. The van der Waals surface area contributed by atoms with Crippen molar-refractivity contribution in [2.24, 2.45) is 0 Å². The predicted octanol–water partition coefficient (Wildman–Crippen LogP) is 6.94. The van der Waals surface area contributed by atoms with Gasteiger partial charge in [0.05, 0.1) is 0 Å². The van der Waals surface area contributed by atoms with E-state index in [9.17, 15) is 0 Å². The second-order valence-electron chi connectivity index (χ2n) is 6.97. The summed E-state index contributed by atoms with van der Waals surface area (Å²) >= 11 is 2.65. The second-order valence-corrected chi connectivity index (χ2v) is 8.05. The Bertz CT molecular complexity index is 509. The van der Waals surface area contributed by atoms with Crippen LogP contribution in [0.5, 0.6) is 0 Å². The highest BCUT2D eigenvalue weighted by atomic mass is 127. The van der Waals surface area contributed by atoms with E-state index in [1.165, 1.54) is 57.8 Å². The standard InChI is InChI=1S/C20H27I/c1-15-8-5-6-11-17(14-15)19-13-7-12-18(20(19)21)16-9-3-2-4-10-16/h7-8,12-13,16-17H,2-6,9-11,14H2,1H3. The van der Waals surface area contributed by atoms with E-state index in [-0.39, 0.29) is 0 Å². The van der Waals surface area contributed by atoms with Crippen molar-refractivity contribution in [2.45, 2.75) is 76.5 Å². The fraction of sp³-hybridized carbons (Fsp3) is 0.600. The monoisotopic (exact) mass is 394 g/mol. The highest BCUT2D eigenvalue weighted by molar-refractivity contribution is 14.1. The van der Waals surface area contributed by atoms with Crippen LogP contribution in [0, 0.1) is 3.57 Å². The number of allylic oxidation sites excluding steroid dienone is 2. The van der Waals surface area contributed by atoms with Crippen LogP contribution in [0.4, 0.5) is 0 Å². The number of halogens is 1. The average molecular weight is 394 g/mol. The summed E-state index contributed by atoms with van der Waals surface area (Å²) in [6.07, 6.45) is 14.8. The first kappa shape index (κ1) is 15.6. The van der Waals surface area contributed by atoms with Crippen molar-refractivity contribution in [1.29, 1.82) is 0 Å². The number of hydrogen-bond acceptors (Lipinski definition) is 0. The lowest BCUT2D eigenvalue weighted by molar-refractivity contribution is 0.441. The van der Waals surface area contributed by atoms with Gasteiger partial charge in [0, 0.05) is 3.57 Å². The smallest absolute Gasteiger partial charge is 0.0200 e. The minimum Gasteiger partial charge on any atom is -0.0856 e. The van der Waals surface area contributed by atoms with Crippen molar-refractivity contribution in [3.05, 3.63) is 44.5 Å². The lowest BCUT2D eigenvalue weighted by Gasteiger charge is -2.26. The molecule has 0 aromatic heterocycles. The zero-order valence-electron chi connectivity index (χ0n) is 13.2. The molecule has 0 heterocycles. The molecule has 0 N–H and O–H groups in total. The molecule has 0 radical (unpaired) electrons. The first-order valence-electron chi connectivity index (χ1n) is 8.69. The summed E-state index contributed by atoms with van der Waals surface area (Å²) in [6, 6.07) is 7.13. The zero-order chi connectivity index (χ0) is 14.7. The van der Waals surface area contributed by atoms with Gasteiger partial charge in [0.25, 0.3) is 0 Å². The van der Waals surface area contributed by atoms with Gasteiger partial charge in [-0.1, -0.05) is 49.1 Å². The molecule has 1 aromatic rings. The van der Waals surface area contributed by atoms with Crippen molar-refractivity contribution < 1.29 is 0 Å². The van der Waals surface area contributed by atoms with Crippen LogP contribution in [-0.2, 0) is 0 Å². The van der Waals surface area contributed by atoms with Crippen molar-refractivity contribution in [3.8, 4) is 0 Å². The molecule has 1 saturated carbocycles. The van der Waals surface area contributed by atoms with E-state index in [4.69, 9.17) is 0 Å². The highest BCUT2D eigenvalue weighted by Crippen LogP contribution is 2.40. The highest BCUT2D eigenvalue weighted by Gasteiger charge is 2.22. The number of rotatable bonds is 2. The van der Waals surface area contributed by atoms with Crippen molar-refractivity contribution in [2.75, 3.05) is 0 Å². The van der Waals surface area contributed by atoms with Crippen LogP contribution in [0.15, 0.2) is 29.8 Å². The van der Waals surface area contributed by atoms with E-state index in [1.807, 2.05) is 0 Å². The van der Waals surface area contributed by atoms with Crippen LogP contribution in [0.2, 0.25) is 0 Å². The van der Waals surface area contributed by atoms with Crippen molar-refractivity contribution in [3.63, 3.8) is 0 Å². The van der Waals surface area contributed by atoms with Crippen LogP contribution in [0.1, 0.15) is 87.7 Å². The molecule has 3 rings (SSSR count). The van der Waals surface area contributed by atoms with Crippen LogP contribution >= 0.6 is 22.6 Å². The second kappa shape index (κ2) is 7.30. The Morgan fingerprint density at radius 1 is 0.905 bits per heavy atom. The largest absolute Gasteiger partial charge is 0.0856 e. The summed E-state index contributed by atoms with van der Waals surface area (Å²) in [5.41, 5.74) is 4.88. The summed E-state index contributed by atoms with van der Waals surface area (Å²) in [7, 11) is 0. The van der Waals surface area contributed by atoms with Gasteiger partial charge in [0.2, 0.25) is 0 Å². The summed E-state index contributed by atoms with van der Waals surface area (Å²) in [5, 5.41) is 0. The van der Waals surface area contributed by atoms with Crippen molar-refractivity contribution >= 4 is 22.6 Å². The van der Waals surface area contributed by atoms with E-state index in [0.29, 0.717) is 0 Å². The molecule has 0 bridgehead atoms. The molecule has 114 valence electrons. The predicted molar refractivity (Wildman–Crippen MR) is 100.0 cm³/mol. The minimum atomic E-state index is 0.749. The van der Waals surface area contributed by atoms with Crippen LogP contribution in [-0.4, -0.2) is 0 Å². The maximum absolute atomic E-state index is 2.65. The first-order chi connectivity index (χ1) is 10.3. The molecule has 2 aliphatic rings. The summed E-state index contributed by atoms with van der Waals surface area (Å²) in [5.74, 6) is 1.58. The molecule has 1 heteroatoms. The fourth-order valence-electron chi connectivity index (χ4n) is 4.16. The maximum Gasteiger partial charge on any atom is 0.0200 e. The van der Waals surface area contributed by atoms with Crippen LogP contribution in [0.3, 0.4) is 0 Å². The Balaban J connectivity index is 1.87. The van der Waals surface area contributed by atoms with Crippen LogP contribution < -0.4 is 0 Å². The van der Waals surface area contributed by atoms with Gasteiger partial charge in [0.1, 0.15) is 0 Å². The number of benzene rings is 1. The molecule has 2 aliphatic carbocycles. The zero-order valence-corrected chi connectivity index (χ0v) is 15.4. The first-order valence-corrected chi connectivity index (χ1v) is 9.77. The van der Waals surface area contributed by atoms with Gasteiger partial charge in [-0.15, -0.1) is 0 Å². The Labute approximate surface area is 143 Å². The SMILES string of the molecule is CC1=CCCCC(c2cccc(C3CCCCC3)c2I)C1. The Morgan fingerprint density at radius 2 is 1.57 bits per heavy atom. The summed E-state index contributed by atoms with van der Waals surface area (Å²) in [6.45, 7) is 2.32. The van der Waals surface area contributed by atoms with Gasteiger partial charge in [-0.05, 0) is 91.0 Å². The molecule has 0 aliphatic heterocycles.